The second kappa shape index (κ2) is 6.21. The maximum absolute atomic E-state index is 5.83. The van der Waals surface area contributed by atoms with E-state index in [1.54, 1.807) is 6.20 Å². The highest BCUT2D eigenvalue weighted by molar-refractivity contribution is 5.80. The average Bonchev–Trinajstić information content (AvgIpc) is 3.00. The van der Waals surface area contributed by atoms with Gasteiger partial charge in [0.2, 0.25) is 11.8 Å². The number of rotatable bonds is 6. The number of nitrogens with one attached hydrogen (secondary N) is 2. The van der Waals surface area contributed by atoms with E-state index >= 15 is 0 Å². The lowest BCUT2D eigenvalue weighted by atomic mass is 10.2. The molecule has 0 saturated carbocycles. The number of fused-ring (bicyclic) bond motifs is 1. The summed E-state index contributed by atoms with van der Waals surface area (Å²) in [4.78, 5) is 8.79. The molecule has 2 heterocycles. The molecule has 0 bridgehead atoms. The number of H-pyrrole nitrogens is 1. The fourth-order valence-electron chi connectivity index (χ4n) is 1.96. The quantitative estimate of drug-likeness (QED) is 0.727. The van der Waals surface area contributed by atoms with Crippen LogP contribution in [0.3, 0.4) is 0 Å². The molecule has 0 aliphatic rings. The molecular formula is C15H17N5O. The molecule has 2 N–H and O–H groups in total. The van der Waals surface area contributed by atoms with Crippen LogP contribution in [0, 0.1) is 0 Å². The summed E-state index contributed by atoms with van der Waals surface area (Å²) in [5.74, 6) is 1.09. The maximum atomic E-state index is 5.83. The van der Waals surface area contributed by atoms with Gasteiger partial charge in [-0.1, -0.05) is 37.3 Å². The van der Waals surface area contributed by atoms with Gasteiger partial charge in [-0.15, -0.1) is 0 Å². The Kier molecular flexibility index (Phi) is 3.95. The normalized spacial score (nSPS) is 10.7. The molecule has 1 aromatic carbocycles. The lowest BCUT2D eigenvalue weighted by Gasteiger charge is -2.08. The number of aromatic nitrogens is 4. The number of hydrogen-bond acceptors (Lipinski definition) is 5. The Morgan fingerprint density at radius 3 is 2.86 bits per heavy atom. The topological polar surface area (TPSA) is 75.7 Å². The van der Waals surface area contributed by atoms with Crippen LogP contribution in [-0.2, 0) is 6.61 Å². The summed E-state index contributed by atoms with van der Waals surface area (Å²) in [6.45, 7) is 3.37. The highest BCUT2D eigenvalue weighted by Crippen LogP contribution is 2.23. The van der Waals surface area contributed by atoms with Gasteiger partial charge in [-0.2, -0.15) is 15.1 Å². The van der Waals surface area contributed by atoms with Crippen molar-refractivity contribution >= 4 is 17.0 Å². The van der Waals surface area contributed by atoms with Crippen LogP contribution in [0.5, 0.6) is 5.88 Å². The third kappa shape index (κ3) is 3.10. The Balaban J connectivity index is 1.83. The van der Waals surface area contributed by atoms with E-state index in [1.165, 1.54) is 0 Å². The van der Waals surface area contributed by atoms with E-state index in [0.717, 1.165) is 23.9 Å². The first kappa shape index (κ1) is 13.4. The zero-order valence-electron chi connectivity index (χ0n) is 11.8. The fraction of sp³-hybridized carbons (Fsp3) is 0.267. The molecule has 0 saturated heterocycles. The predicted octanol–water partition coefficient (Wildman–Crippen LogP) is 2.75. The van der Waals surface area contributed by atoms with Gasteiger partial charge in [-0.3, -0.25) is 5.10 Å². The van der Waals surface area contributed by atoms with E-state index in [4.69, 9.17) is 4.74 Å². The molecule has 0 aliphatic carbocycles. The second-order valence-corrected chi connectivity index (χ2v) is 4.69. The summed E-state index contributed by atoms with van der Waals surface area (Å²) < 4.78 is 5.83. The number of nitrogens with zero attached hydrogens (tertiary/aromatic N) is 3. The fourth-order valence-corrected chi connectivity index (χ4v) is 1.96. The van der Waals surface area contributed by atoms with E-state index in [-0.39, 0.29) is 0 Å². The molecule has 0 aliphatic heterocycles. The van der Waals surface area contributed by atoms with Gasteiger partial charge in [0.25, 0.3) is 0 Å². The zero-order chi connectivity index (χ0) is 14.5. The third-order valence-corrected chi connectivity index (χ3v) is 3.03. The van der Waals surface area contributed by atoms with Crippen molar-refractivity contribution in [1.29, 1.82) is 0 Å². The molecule has 0 radical (unpaired) electrons. The molecule has 0 unspecified atom stereocenters. The Bertz CT molecular complexity index is 710. The van der Waals surface area contributed by atoms with E-state index in [9.17, 15) is 0 Å². The van der Waals surface area contributed by atoms with Crippen LogP contribution in [0.15, 0.2) is 36.5 Å². The SMILES string of the molecule is CCCNc1nc(OCc2ccccc2)c2cn[nH]c2n1. The van der Waals surface area contributed by atoms with Crippen LogP contribution in [0.2, 0.25) is 0 Å². The first-order valence-electron chi connectivity index (χ1n) is 6.98. The van der Waals surface area contributed by atoms with E-state index in [0.29, 0.717) is 24.1 Å². The number of benzene rings is 1. The Labute approximate surface area is 122 Å². The average molecular weight is 283 g/mol. The van der Waals surface area contributed by atoms with Crippen molar-refractivity contribution in [2.75, 3.05) is 11.9 Å². The summed E-state index contributed by atoms with van der Waals surface area (Å²) in [5.41, 5.74) is 1.77. The summed E-state index contributed by atoms with van der Waals surface area (Å²) >= 11 is 0. The van der Waals surface area contributed by atoms with Gasteiger partial charge in [0, 0.05) is 6.54 Å². The molecule has 3 aromatic rings. The summed E-state index contributed by atoms with van der Waals surface area (Å²) in [7, 11) is 0. The van der Waals surface area contributed by atoms with Gasteiger partial charge in [-0.25, -0.2) is 0 Å². The second-order valence-electron chi connectivity index (χ2n) is 4.69. The van der Waals surface area contributed by atoms with Crippen molar-refractivity contribution in [3.63, 3.8) is 0 Å². The first-order valence-corrected chi connectivity index (χ1v) is 6.98. The molecule has 0 fully saturated rings. The Morgan fingerprint density at radius 1 is 1.19 bits per heavy atom. The largest absolute Gasteiger partial charge is 0.472 e. The standard InChI is InChI=1S/C15H17N5O/c1-2-8-16-15-18-13-12(9-17-20-13)14(19-15)21-10-11-6-4-3-5-7-11/h3-7,9H,2,8,10H2,1H3,(H2,16,17,18,19,20). The molecule has 21 heavy (non-hydrogen) atoms. The lowest BCUT2D eigenvalue weighted by Crippen LogP contribution is -2.06. The van der Waals surface area contributed by atoms with Gasteiger partial charge < -0.3 is 10.1 Å². The van der Waals surface area contributed by atoms with Gasteiger partial charge in [0.1, 0.15) is 12.0 Å². The molecular weight excluding hydrogens is 266 g/mol. The van der Waals surface area contributed by atoms with Crippen LogP contribution in [0.1, 0.15) is 18.9 Å². The molecule has 0 atom stereocenters. The van der Waals surface area contributed by atoms with Crippen molar-refractivity contribution in [2.24, 2.45) is 0 Å². The third-order valence-electron chi connectivity index (χ3n) is 3.03. The van der Waals surface area contributed by atoms with Crippen LogP contribution < -0.4 is 10.1 Å². The van der Waals surface area contributed by atoms with Gasteiger partial charge in [-0.05, 0) is 12.0 Å². The molecule has 3 rings (SSSR count). The van der Waals surface area contributed by atoms with Gasteiger partial charge >= 0.3 is 0 Å². The van der Waals surface area contributed by atoms with E-state index < -0.39 is 0 Å². The number of aromatic amines is 1. The van der Waals surface area contributed by atoms with Crippen LogP contribution in [-0.4, -0.2) is 26.7 Å². The van der Waals surface area contributed by atoms with Crippen molar-refractivity contribution in [3.05, 3.63) is 42.1 Å². The molecule has 0 amide bonds. The molecule has 2 aromatic heterocycles. The highest BCUT2D eigenvalue weighted by atomic mass is 16.5. The minimum Gasteiger partial charge on any atom is -0.472 e. The Hall–Kier alpha value is -2.63. The smallest absolute Gasteiger partial charge is 0.229 e. The highest BCUT2D eigenvalue weighted by Gasteiger charge is 2.10. The molecule has 0 spiro atoms. The van der Waals surface area contributed by atoms with Crippen molar-refractivity contribution in [3.8, 4) is 5.88 Å². The van der Waals surface area contributed by atoms with E-state index in [2.05, 4.69) is 32.4 Å². The van der Waals surface area contributed by atoms with Gasteiger partial charge in [0.05, 0.1) is 6.20 Å². The number of ether oxygens (including phenoxy) is 1. The minimum absolute atomic E-state index is 0.464. The Morgan fingerprint density at radius 2 is 2.05 bits per heavy atom. The van der Waals surface area contributed by atoms with Crippen molar-refractivity contribution in [2.45, 2.75) is 20.0 Å². The van der Waals surface area contributed by atoms with Gasteiger partial charge in [0.15, 0.2) is 5.65 Å². The maximum Gasteiger partial charge on any atom is 0.229 e. The van der Waals surface area contributed by atoms with E-state index in [1.807, 2.05) is 30.3 Å². The monoisotopic (exact) mass is 283 g/mol. The summed E-state index contributed by atoms with van der Waals surface area (Å²) in [5, 5.41) is 10.8. The number of anilines is 1. The van der Waals surface area contributed by atoms with Crippen LogP contribution in [0.25, 0.3) is 11.0 Å². The summed E-state index contributed by atoms with van der Waals surface area (Å²) in [6, 6.07) is 9.99. The van der Waals surface area contributed by atoms with Crippen LogP contribution in [0.4, 0.5) is 5.95 Å². The molecule has 6 heteroatoms. The lowest BCUT2D eigenvalue weighted by molar-refractivity contribution is 0.298. The molecule has 108 valence electrons. The van der Waals surface area contributed by atoms with Crippen molar-refractivity contribution < 1.29 is 4.74 Å². The zero-order valence-corrected chi connectivity index (χ0v) is 11.8. The minimum atomic E-state index is 0.464. The van der Waals surface area contributed by atoms with Crippen molar-refractivity contribution in [1.82, 2.24) is 20.2 Å². The predicted molar refractivity (Wildman–Crippen MR) is 81.2 cm³/mol. The van der Waals surface area contributed by atoms with Crippen LogP contribution >= 0.6 is 0 Å². The summed E-state index contributed by atoms with van der Waals surface area (Å²) in [6.07, 6.45) is 2.68. The first-order chi connectivity index (χ1) is 10.4. The number of hydrogen-bond donors (Lipinski definition) is 2. The molecule has 6 nitrogen and oxygen atoms in total.